The Hall–Kier alpha value is -3.11. The molecule has 1 aromatic heterocycles. The van der Waals surface area contributed by atoms with Crippen molar-refractivity contribution in [2.75, 3.05) is 20.6 Å². The molecule has 0 saturated carbocycles. The molecule has 0 spiro atoms. The topological polar surface area (TPSA) is 87.1 Å². The van der Waals surface area contributed by atoms with Gasteiger partial charge in [-0.3, -0.25) is 0 Å². The van der Waals surface area contributed by atoms with Crippen LogP contribution in [0, 0.1) is 0 Å². The largest absolute Gasteiger partial charge is 0.484 e. The van der Waals surface area contributed by atoms with Gasteiger partial charge in [-0.2, -0.15) is 13.2 Å². The van der Waals surface area contributed by atoms with Crippen LogP contribution in [0.1, 0.15) is 23.0 Å². The Labute approximate surface area is 186 Å². The van der Waals surface area contributed by atoms with Gasteiger partial charge in [-0.25, -0.2) is 9.59 Å². The molecule has 172 valence electrons. The van der Waals surface area contributed by atoms with Crippen molar-refractivity contribution in [3.05, 3.63) is 64.4 Å². The van der Waals surface area contributed by atoms with Crippen molar-refractivity contribution >= 4 is 34.0 Å². The zero-order valence-electron chi connectivity index (χ0n) is 17.3. The summed E-state index contributed by atoms with van der Waals surface area (Å²) in [5.74, 6) is -3.17. The van der Waals surface area contributed by atoms with Crippen LogP contribution in [0.4, 0.5) is 13.2 Å². The Morgan fingerprint density at radius 2 is 1.62 bits per heavy atom. The zero-order valence-corrected chi connectivity index (χ0v) is 18.1. The molecule has 10 heteroatoms. The number of carboxylic acid groups (broad SMARTS) is 2. The van der Waals surface area contributed by atoms with Gasteiger partial charge in [0.1, 0.15) is 11.9 Å². The van der Waals surface area contributed by atoms with Gasteiger partial charge in [0.15, 0.2) is 0 Å². The fourth-order valence-corrected chi connectivity index (χ4v) is 3.67. The Morgan fingerprint density at radius 1 is 1.00 bits per heavy atom. The van der Waals surface area contributed by atoms with Gasteiger partial charge in [0.2, 0.25) is 0 Å². The van der Waals surface area contributed by atoms with Gasteiger partial charge in [0, 0.05) is 23.2 Å². The van der Waals surface area contributed by atoms with Crippen molar-refractivity contribution < 1.29 is 37.7 Å². The lowest BCUT2D eigenvalue weighted by Gasteiger charge is -2.22. The van der Waals surface area contributed by atoms with Crippen molar-refractivity contribution in [1.82, 2.24) is 4.90 Å². The van der Waals surface area contributed by atoms with E-state index in [2.05, 4.69) is 4.90 Å². The van der Waals surface area contributed by atoms with E-state index >= 15 is 0 Å². The lowest BCUT2D eigenvalue weighted by molar-refractivity contribution is -0.159. The molecule has 0 radical (unpaired) electrons. The SMILES string of the molecule is CN(C)CCC(Oc1ccc(C(F)(F)F)c2ccccc12)c1cccs1.O=C(O)C(=O)O. The highest BCUT2D eigenvalue weighted by Crippen LogP contribution is 2.40. The van der Waals surface area contributed by atoms with E-state index in [0.717, 1.165) is 23.9 Å². The Kier molecular flexibility index (Phi) is 8.62. The van der Waals surface area contributed by atoms with E-state index < -0.39 is 23.7 Å². The zero-order chi connectivity index (χ0) is 23.9. The average Bonchev–Trinajstić information content (AvgIpc) is 3.25. The maximum absolute atomic E-state index is 13.3. The van der Waals surface area contributed by atoms with Crippen LogP contribution < -0.4 is 4.74 Å². The average molecular weight is 469 g/mol. The summed E-state index contributed by atoms with van der Waals surface area (Å²) in [5, 5.41) is 17.4. The molecule has 1 unspecified atom stereocenters. The number of aliphatic carboxylic acids is 2. The van der Waals surface area contributed by atoms with Gasteiger partial charge in [0.05, 0.1) is 5.56 Å². The summed E-state index contributed by atoms with van der Waals surface area (Å²) >= 11 is 1.59. The van der Waals surface area contributed by atoms with Crippen molar-refractivity contribution in [1.29, 1.82) is 0 Å². The van der Waals surface area contributed by atoms with Gasteiger partial charge in [-0.1, -0.05) is 30.3 Å². The van der Waals surface area contributed by atoms with Gasteiger partial charge in [-0.15, -0.1) is 11.3 Å². The summed E-state index contributed by atoms with van der Waals surface area (Å²) in [6.45, 7) is 0.821. The van der Waals surface area contributed by atoms with Crippen molar-refractivity contribution in [2.45, 2.75) is 18.7 Å². The van der Waals surface area contributed by atoms with Gasteiger partial charge in [-0.05, 0) is 43.1 Å². The van der Waals surface area contributed by atoms with Crippen LogP contribution in [-0.2, 0) is 15.8 Å². The number of carbonyl (C=O) groups is 2. The first-order valence-electron chi connectivity index (χ1n) is 9.40. The lowest BCUT2D eigenvalue weighted by Crippen LogP contribution is -2.18. The Bertz CT molecular complexity index is 1040. The number of fused-ring (bicyclic) bond motifs is 1. The second-order valence-corrected chi connectivity index (χ2v) is 7.96. The van der Waals surface area contributed by atoms with Crippen LogP contribution in [0.3, 0.4) is 0 Å². The molecule has 2 aromatic carbocycles. The molecule has 0 fully saturated rings. The second kappa shape index (κ2) is 11.0. The van der Waals surface area contributed by atoms with Crippen LogP contribution in [0.5, 0.6) is 5.75 Å². The summed E-state index contributed by atoms with van der Waals surface area (Å²) < 4.78 is 46.1. The summed E-state index contributed by atoms with van der Waals surface area (Å²) in [5.41, 5.74) is -0.638. The number of alkyl halides is 3. The van der Waals surface area contributed by atoms with Crippen LogP contribution in [0.15, 0.2) is 53.9 Å². The van der Waals surface area contributed by atoms with Gasteiger partial charge < -0.3 is 19.8 Å². The number of carboxylic acids is 2. The summed E-state index contributed by atoms with van der Waals surface area (Å²) in [4.78, 5) is 21.3. The standard InChI is InChI=1S/C20H20F3NOS.C2H2O4/c1-24(2)12-11-18(19-8-5-13-26-19)25-17-10-9-16(20(21,22)23)14-6-3-4-7-15(14)17;3-1(4)2(5)6/h3-10,13,18H,11-12H2,1-2H3;(H,3,4)(H,5,6). The van der Waals surface area contributed by atoms with E-state index in [1.54, 1.807) is 29.5 Å². The third-order valence-electron chi connectivity index (χ3n) is 4.34. The highest BCUT2D eigenvalue weighted by atomic mass is 32.1. The molecule has 0 aliphatic rings. The molecule has 2 N–H and O–H groups in total. The second-order valence-electron chi connectivity index (χ2n) is 6.98. The number of hydrogen-bond acceptors (Lipinski definition) is 5. The van der Waals surface area contributed by atoms with Crippen LogP contribution >= 0.6 is 11.3 Å². The fraction of sp³-hybridized carbons (Fsp3) is 0.273. The van der Waals surface area contributed by atoms with E-state index in [4.69, 9.17) is 24.5 Å². The molecule has 0 bridgehead atoms. The third-order valence-corrected chi connectivity index (χ3v) is 5.31. The molecule has 0 amide bonds. The molecule has 3 rings (SSSR count). The number of hydrogen-bond donors (Lipinski definition) is 2. The van der Waals surface area contributed by atoms with E-state index in [1.807, 2.05) is 31.6 Å². The molecule has 32 heavy (non-hydrogen) atoms. The summed E-state index contributed by atoms with van der Waals surface area (Å²) in [7, 11) is 3.97. The molecule has 1 heterocycles. The van der Waals surface area contributed by atoms with E-state index in [0.29, 0.717) is 11.1 Å². The van der Waals surface area contributed by atoms with E-state index in [9.17, 15) is 13.2 Å². The maximum atomic E-state index is 13.3. The number of thiophene rings is 1. The molecule has 0 aliphatic heterocycles. The smallest absolute Gasteiger partial charge is 0.417 e. The first kappa shape index (κ1) is 25.2. The highest BCUT2D eigenvalue weighted by molar-refractivity contribution is 7.10. The molecular weight excluding hydrogens is 447 g/mol. The summed E-state index contributed by atoms with van der Waals surface area (Å²) in [6, 6.07) is 13.0. The molecular formula is C22H22F3NO5S. The van der Waals surface area contributed by atoms with Crippen LogP contribution in [0.2, 0.25) is 0 Å². The van der Waals surface area contributed by atoms with E-state index in [1.165, 1.54) is 12.1 Å². The highest BCUT2D eigenvalue weighted by Gasteiger charge is 2.33. The first-order valence-corrected chi connectivity index (χ1v) is 10.3. The van der Waals surface area contributed by atoms with Crippen molar-refractivity contribution in [3.8, 4) is 5.75 Å². The molecule has 6 nitrogen and oxygen atoms in total. The quantitative estimate of drug-likeness (QED) is 0.486. The van der Waals surface area contributed by atoms with Crippen molar-refractivity contribution in [2.24, 2.45) is 0 Å². The number of rotatable bonds is 6. The molecule has 3 aromatic rings. The fourth-order valence-electron chi connectivity index (χ4n) is 2.88. The Morgan fingerprint density at radius 3 is 2.12 bits per heavy atom. The van der Waals surface area contributed by atoms with E-state index in [-0.39, 0.29) is 11.5 Å². The van der Waals surface area contributed by atoms with Gasteiger partial charge in [0.25, 0.3) is 0 Å². The minimum Gasteiger partial charge on any atom is -0.484 e. The number of nitrogens with zero attached hydrogens (tertiary/aromatic N) is 1. The molecule has 0 saturated heterocycles. The lowest BCUT2D eigenvalue weighted by atomic mass is 10.0. The minimum absolute atomic E-state index is 0.162. The van der Waals surface area contributed by atoms with Gasteiger partial charge >= 0.3 is 18.1 Å². The number of halogens is 3. The summed E-state index contributed by atoms with van der Waals surface area (Å²) in [6.07, 6.45) is -3.84. The number of benzene rings is 2. The van der Waals surface area contributed by atoms with Crippen molar-refractivity contribution in [3.63, 3.8) is 0 Å². The predicted octanol–water partition coefficient (Wildman–Crippen LogP) is 5.15. The van der Waals surface area contributed by atoms with Crippen LogP contribution in [0.25, 0.3) is 10.8 Å². The monoisotopic (exact) mass is 469 g/mol. The normalized spacial score (nSPS) is 12.2. The predicted molar refractivity (Wildman–Crippen MR) is 115 cm³/mol. The number of ether oxygens (including phenoxy) is 1. The maximum Gasteiger partial charge on any atom is 0.417 e. The third kappa shape index (κ3) is 6.96. The molecule has 1 atom stereocenters. The Balaban J connectivity index is 0.000000534. The minimum atomic E-state index is -4.39. The first-order chi connectivity index (χ1) is 15.0. The molecule has 0 aliphatic carbocycles. The van der Waals surface area contributed by atoms with Crippen LogP contribution in [-0.4, -0.2) is 47.7 Å².